The van der Waals surface area contributed by atoms with Crippen LogP contribution in [0.2, 0.25) is 0 Å². The van der Waals surface area contributed by atoms with Gasteiger partial charge in [0, 0.05) is 12.0 Å². The Kier molecular flexibility index (Phi) is 5.11. The molecule has 18 heavy (non-hydrogen) atoms. The van der Waals surface area contributed by atoms with Crippen molar-refractivity contribution in [3.63, 3.8) is 0 Å². The summed E-state index contributed by atoms with van der Waals surface area (Å²) in [6.45, 7) is 1.82. The number of aliphatic carboxylic acids is 2. The fourth-order valence-electron chi connectivity index (χ4n) is 1.75. The van der Waals surface area contributed by atoms with Crippen molar-refractivity contribution in [3.05, 3.63) is 47.0 Å². The predicted molar refractivity (Wildman–Crippen MR) is 67.4 cm³/mol. The highest BCUT2D eigenvalue weighted by Gasteiger charge is 2.19. The molecule has 0 heterocycles. The van der Waals surface area contributed by atoms with Crippen molar-refractivity contribution in [1.82, 2.24) is 0 Å². The van der Waals surface area contributed by atoms with Crippen LogP contribution in [0.25, 0.3) is 0 Å². The minimum absolute atomic E-state index is 0.00569. The minimum Gasteiger partial charge on any atom is -0.478 e. The van der Waals surface area contributed by atoms with Gasteiger partial charge in [-0.25, -0.2) is 9.59 Å². The Morgan fingerprint density at radius 1 is 1.00 bits per heavy atom. The summed E-state index contributed by atoms with van der Waals surface area (Å²) < 4.78 is 0. The van der Waals surface area contributed by atoms with Gasteiger partial charge in [0.25, 0.3) is 0 Å². The molecule has 0 spiro atoms. The maximum atomic E-state index is 11.2. The molecule has 0 amide bonds. The van der Waals surface area contributed by atoms with E-state index in [9.17, 15) is 9.59 Å². The van der Waals surface area contributed by atoms with Crippen molar-refractivity contribution < 1.29 is 19.8 Å². The highest BCUT2D eigenvalue weighted by atomic mass is 16.4. The molecule has 1 aromatic carbocycles. The first kappa shape index (κ1) is 14.0. The Hall–Kier alpha value is -2.10. The zero-order valence-corrected chi connectivity index (χ0v) is 10.2. The van der Waals surface area contributed by atoms with Gasteiger partial charge >= 0.3 is 11.9 Å². The number of hydrogen-bond acceptors (Lipinski definition) is 2. The maximum absolute atomic E-state index is 11.2. The van der Waals surface area contributed by atoms with E-state index in [-0.39, 0.29) is 24.0 Å². The first-order chi connectivity index (χ1) is 8.56. The summed E-state index contributed by atoms with van der Waals surface area (Å²) in [7, 11) is 0. The summed E-state index contributed by atoms with van der Waals surface area (Å²) in [4.78, 5) is 22.3. The smallest absolute Gasteiger partial charge is 0.332 e. The van der Waals surface area contributed by atoms with E-state index < -0.39 is 11.9 Å². The van der Waals surface area contributed by atoms with Crippen molar-refractivity contribution in [1.29, 1.82) is 0 Å². The molecule has 0 aliphatic carbocycles. The maximum Gasteiger partial charge on any atom is 0.332 e. The van der Waals surface area contributed by atoms with E-state index >= 15 is 0 Å². The summed E-state index contributed by atoms with van der Waals surface area (Å²) in [5, 5.41) is 18.2. The summed E-state index contributed by atoms with van der Waals surface area (Å²) in [5.41, 5.74) is 0.758. The zero-order valence-electron chi connectivity index (χ0n) is 10.2. The number of rotatable bonds is 6. The Morgan fingerprint density at radius 2 is 1.56 bits per heavy atom. The molecule has 1 rings (SSSR count). The molecule has 0 saturated carbocycles. The molecule has 0 bridgehead atoms. The second kappa shape index (κ2) is 6.59. The lowest BCUT2D eigenvalue weighted by atomic mass is 9.97. The van der Waals surface area contributed by atoms with Crippen molar-refractivity contribution in [2.24, 2.45) is 0 Å². The standard InChI is InChI=1S/C14H16O4/c1-2-6-11(13(15)16)12(14(17)18)9-10-7-4-3-5-8-10/h3-5,7-8H,2,6,9H2,1H3,(H,15,16)(H,17,18)/b12-11-. The zero-order chi connectivity index (χ0) is 13.5. The van der Waals surface area contributed by atoms with Crippen LogP contribution in [0.4, 0.5) is 0 Å². The van der Waals surface area contributed by atoms with E-state index in [2.05, 4.69) is 0 Å². The normalized spacial score (nSPS) is 11.8. The molecule has 0 aromatic heterocycles. The largest absolute Gasteiger partial charge is 0.478 e. The minimum atomic E-state index is -1.16. The van der Waals surface area contributed by atoms with E-state index in [4.69, 9.17) is 10.2 Å². The summed E-state index contributed by atoms with van der Waals surface area (Å²) in [6.07, 6.45) is 1.01. The first-order valence-corrected chi connectivity index (χ1v) is 5.78. The van der Waals surface area contributed by atoms with Gasteiger partial charge in [-0.2, -0.15) is 0 Å². The number of carboxylic acids is 2. The molecular formula is C14H16O4. The van der Waals surface area contributed by atoms with E-state index in [0.29, 0.717) is 6.42 Å². The second-order valence-electron chi connectivity index (χ2n) is 3.98. The first-order valence-electron chi connectivity index (χ1n) is 5.78. The Labute approximate surface area is 106 Å². The third-order valence-electron chi connectivity index (χ3n) is 2.60. The van der Waals surface area contributed by atoms with Crippen LogP contribution in [0.15, 0.2) is 41.5 Å². The van der Waals surface area contributed by atoms with E-state index in [1.165, 1.54) is 0 Å². The van der Waals surface area contributed by atoms with Crippen LogP contribution in [-0.2, 0) is 16.0 Å². The number of carbonyl (C=O) groups is 2. The number of benzene rings is 1. The molecule has 0 aliphatic heterocycles. The molecule has 0 saturated heterocycles. The Bertz CT molecular complexity index is 460. The van der Waals surface area contributed by atoms with Crippen LogP contribution in [0.5, 0.6) is 0 Å². The molecule has 96 valence electrons. The molecule has 0 aliphatic rings. The van der Waals surface area contributed by atoms with Crippen LogP contribution in [0, 0.1) is 0 Å². The van der Waals surface area contributed by atoms with E-state index in [1.54, 1.807) is 24.3 Å². The summed E-state index contributed by atoms with van der Waals surface area (Å²) in [6, 6.07) is 9.00. The Balaban J connectivity index is 3.11. The van der Waals surface area contributed by atoms with Crippen LogP contribution in [0.3, 0.4) is 0 Å². The van der Waals surface area contributed by atoms with Gasteiger partial charge in [0.1, 0.15) is 0 Å². The molecular weight excluding hydrogens is 232 g/mol. The van der Waals surface area contributed by atoms with Crippen molar-refractivity contribution >= 4 is 11.9 Å². The SMILES string of the molecule is CCC/C(C(=O)O)=C(\Cc1ccccc1)C(=O)O. The van der Waals surface area contributed by atoms with Gasteiger partial charge in [-0.1, -0.05) is 43.7 Å². The Morgan fingerprint density at radius 3 is 2.00 bits per heavy atom. The monoisotopic (exact) mass is 248 g/mol. The summed E-state index contributed by atoms with van der Waals surface area (Å²) >= 11 is 0. The van der Waals surface area contributed by atoms with Gasteiger partial charge in [-0.05, 0) is 12.0 Å². The van der Waals surface area contributed by atoms with E-state index in [1.807, 2.05) is 13.0 Å². The highest BCUT2D eigenvalue weighted by molar-refractivity contribution is 5.99. The average molecular weight is 248 g/mol. The van der Waals surface area contributed by atoms with Gasteiger partial charge in [0.15, 0.2) is 0 Å². The summed E-state index contributed by atoms with van der Waals surface area (Å²) in [5.74, 6) is -2.31. The van der Waals surface area contributed by atoms with Crippen LogP contribution >= 0.6 is 0 Å². The lowest BCUT2D eigenvalue weighted by molar-refractivity contribution is -0.136. The van der Waals surface area contributed by atoms with Gasteiger partial charge in [0.2, 0.25) is 0 Å². The van der Waals surface area contributed by atoms with Crippen LogP contribution < -0.4 is 0 Å². The fraction of sp³-hybridized carbons (Fsp3) is 0.286. The molecule has 1 aromatic rings. The molecule has 0 atom stereocenters. The van der Waals surface area contributed by atoms with Crippen molar-refractivity contribution in [3.8, 4) is 0 Å². The predicted octanol–water partition coefficient (Wildman–Crippen LogP) is 2.50. The second-order valence-corrected chi connectivity index (χ2v) is 3.98. The van der Waals surface area contributed by atoms with Gasteiger partial charge in [-0.3, -0.25) is 0 Å². The molecule has 2 N–H and O–H groups in total. The lowest BCUT2D eigenvalue weighted by Crippen LogP contribution is -2.13. The molecule has 0 unspecified atom stereocenters. The molecule has 0 radical (unpaired) electrons. The van der Waals surface area contributed by atoms with Gasteiger partial charge in [-0.15, -0.1) is 0 Å². The average Bonchev–Trinajstić information content (AvgIpc) is 2.34. The fourth-order valence-corrected chi connectivity index (χ4v) is 1.75. The topological polar surface area (TPSA) is 74.6 Å². The molecule has 4 heteroatoms. The molecule has 0 fully saturated rings. The third kappa shape index (κ3) is 3.73. The lowest BCUT2D eigenvalue weighted by Gasteiger charge is -2.08. The quantitative estimate of drug-likeness (QED) is 0.758. The van der Waals surface area contributed by atoms with E-state index in [0.717, 1.165) is 5.56 Å². The van der Waals surface area contributed by atoms with Crippen molar-refractivity contribution in [2.75, 3.05) is 0 Å². The third-order valence-corrected chi connectivity index (χ3v) is 2.60. The van der Waals surface area contributed by atoms with Crippen LogP contribution in [-0.4, -0.2) is 22.2 Å². The van der Waals surface area contributed by atoms with Gasteiger partial charge in [0.05, 0.1) is 5.57 Å². The van der Waals surface area contributed by atoms with Crippen LogP contribution in [0.1, 0.15) is 25.3 Å². The number of carboxylic acid groups (broad SMARTS) is 2. The van der Waals surface area contributed by atoms with Crippen molar-refractivity contribution in [2.45, 2.75) is 26.2 Å². The molecule has 4 nitrogen and oxygen atoms in total. The van der Waals surface area contributed by atoms with Gasteiger partial charge < -0.3 is 10.2 Å². The number of hydrogen-bond donors (Lipinski definition) is 2. The highest BCUT2D eigenvalue weighted by Crippen LogP contribution is 2.17.